The van der Waals surface area contributed by atoms with Gasteiger partial charge in [0.15, 0.2) is 5.58 Å². The smallest absolute Gasteiger partial charge is 0.227 e. The number of oxazole rings is 1. The maximum atomic E-state index is 6.83. The minimum atomic E-state index is 0.596. The third kappa shape index (κ3) is 5.11. The largest absolute Gasteiger partial charge is 0.434 e. The number of fused-ring (bicyclic) bond motifs is 7. The number of rotatable bonds is 6. The number of anilines is 3. The highest BCUT2D eigenvalue weighted by molar-refractivity contribution is 6.13. The Balaban J connectivity index is 1.18. The summed E-state index contributed by atoms with van der Waals surface area (Å²) in [5.74, 6) is 0.596. The Morgan fingerprint density at radius 2 is 1.07 bits per heavy atom. The van der Waals surface area contributed by atoms with Gasteiger partial charge >= 0.3 is 0 Å². The van der Waals surface area contributed by atoms with Gasteiger partial charge in [-0.15, -0.1) is 0 Å². The predicted octanol–water partition coefficient (Wildman–Crippen LogP) is 14.0. The Morgan fingerprint density at radius 3 is 1.89 bits per heavy atom. The first-order valence-corrected chi connectivity index (χ1v) is 18.6. The molecular weight excluding hydrogens is 671 g/mol. The monoisotopic (exact) mass is 703 g/mol. The van der Waals surface area contributed by atoms with Crippen molar-refractivity contribution in [1.82, 2.24) is 9.55 Å². The van der Waals surface area contributed by atoms with Crippen LogP contribution in [0.2, 0.25) is 0 Å². The second-order valence-corrected chi connectivity index (χ2v) is 14.0. The summed E-state index contributed by atoms with van der Waals surface area (Å²) in [6.07, 6.45) is 0. The Labute approximate surface area is 317 Å². The van der Waals surface area contributed by atoms with E-state index in [1.807, 2.05) is 30.3 Å². The number of aromatic nitrogens is 2. The summed E-state index contributed by atoms with van der Waals surface area (Å²) in [6, 6.07) is 71.0. The van der Waals surface area contributed by atoms with Gasteiger partial charge in [0.1, 0.15) is 5.52 Å². The summed E-state index contributed by atoms with van der Waals surface area (Å²) in [5.41, 5.74) is 11.2. The van der Waals surface area contributed by atoms with Crippen molar-refractivity contribution in [2.45, 2.75) is 0 Å². The molecule has 0 N–H and O–H groups in total. The SMILES string of the molecule is c1ccc(-c2nc3c(o2)c(N(c2ccc(-c4cccc5ccccc45)cc2)c2ccc4c5ccccc5n(-c5ccccc5)c4c2)cc2ccccc23)cc1. The molecule has 4 heteroatoms. The van der Waals surface area contributed by atoms with Crippen molar-refractivity contribution >= 4 is 71.5 Å². The molecule has 0 saturated carbocycles. The molecule has 2 aromatic heterocycles. The van der Waals surface area contributed by atoms with E-state index in [0.717, 1.165) is 61.3 Å². The van der Waals surface area contributed by atoms with Crippen LogP contribution in [0, 0.1) is 0 Å². The third-order valence-corrected chi connectivity index (χ3v) is 10.8. The van der Waals surface area contributed by atoms with Gasteiger partial charge in [0.05, 0.1) is 16.7 Å². The standard InChI is InChI=1S/C51H33N3O/c1-3-15-36(16-4-1)51-52-49-43-22-10-8-17-37(43)32-48(50(49)55-51)53(39-28-26-35(27-29-39)42-24-13-18-34-14-7-9-21-41(34)42)40-30-31-45-44-23-11-12-25-46(44)54(47(45)33-40)38-19-5-2-6-20-38/h1-33H. The minimum absolute atomic E-state index is 0.596. The molecule has 9 aromatic carbocycles. The molecule has 0 saturated heterocycles. The Bertz CT molecular complexity index is 3190. The van der Waals surface area contributed by atoms with E-state index in [4.69, 9.17) is 9.40 Å². The van der Waals surface area contributed by atoms with Crippen molar-refractivity contribution < 1.29 is 4.42 Å². The molecular formula is C51H33N3O. The molecule has 2 heterocycles. The van der Waals surface area contributed by atoms with E-state index in [0.29, 0.717) is 5.89 Å². The molecule has 0 aliphatic carbocycles. The second-order valence-electron chi connectivity index (χ2n) is 14.0. The number of nitrogens with zero attached hydrogens (tertiary/aromatic N) is 3. The molecule has 0 aliphatic heterocycles. The lowest BCUT2D eigenvalue weighted by molar-refractivity contribution is 0.620. The quantitative estimate of drug-likeness (QED) is 0.173. The highest BCUT2D eigenvalue weighted by atomic mass is 16.3. The molecule has 55 heavy (non-hydrogen) atoms. The van der Waals surface area contributed by atoms with E-state index < -0.39 is 0 Å². The van der Waals surface area contributed by atoms with Crippen molar-refractivity contribution in [2.75, 3.05) is 4.90 Å². The zero-order chi connectivity index (χ0) is 36.3. The number of hydrogen-bond donors (Lipinski definition) is 0. The van der Waals surface area contributed by atoms with Crippen molar-refractivity contribution in [3.8, 4) is 28.3 Å². The fourth-order valence-electron chi connectivity index (χ4n) is 8.25. The van der Waals surface area contributed by atoms with Gasteiger partial charge < -0.3 is 13.9 Å². The Hall–Kier alpha value is -7.43. The molecule has 4 nitrogen and oxygen atoms in total. The first-order valence-electron chi connectivity index (χ1n) is 18.6. The van der Waals surface area contributed by atoms with Crippen LogP contribution in [0.1, 0.15) is 0 Å². The average Bonchev–Trinajstić information content (AvgIpc) is 3.85. The van der Waals surface area contributed by atoms with E-state index in [1.165, 1.54) is 32.6 Å². The first kappa shape index (κ1) is 31.1. The topological polar surface area (TPSA) is 34.2 Å². The average molecular weight is 704 g/mol. The molecule has 0 bridgehead atoms. The van der Waals surface area contributed by atoms with E-state index in [1.54, 1.807) is 0 Å². The summed E-state index contributed by atoms with van der Waals surface area (Å²) >= 11 is 0. The summed E-state index contributed by atoms with van der Waals surface area (Å²) in [5, 5.41) is 7.03. The normalized spacial score (nSPS) is 11.6. The number of hydrogen-bond acceptors (Lipinski definition) is 3. The zero-order valence-corrected chi connectivity index (χ0v) is 29.8. The van der Waals surface area contributed by atoms with Crippen LogP contribution < -0.4 is 4.90 Å². The fraction of sp³-hybridized carbons (Fsp3) is 0. The van der Waals surface area contributed by atoms with E-state index in [2.05, 4.69) is 179 Å². The van der Waals surface area contributed by atoms with Gasteiger partial charge in [0.25, 0.3) is 0 Å². The maximum absolute atomic E-state index is 6.83. The van der Waals surface area contributed by atoms with Crippen molar-refractivity contribution in [3.63, 3.8) is 0 Å². The van der Waals surface area contributed by atoms with Crippen LogP contribution in [0.25, 0.3) is 82.7 Å². The number of benzene rings is 9. The summed E-state index contributed by atoms with van der Waals surface area (Å²) in [7, 11) is 0. The molecule has 0 amide bonds. The van der Waals surface area contributed by atoms with Crippen LogP contribution in [-0.2, 0) is 0 Å². The third-order valence-electron chi connectivity index (χ3n) is 10.8. The molecule has 11 aromatic rings. The molecule has 0 atom stereocenters. The van der Waals surface area contributed by atoms with Crippen LogP contribution in [-0.4, -0.2) is 9.55 Å². The van der Waals surface area contributed by atoms with Gasteiger partial charge in [-0.25, -0.2) is 4.98 Å². The van der Waals surface area contributed by atoms with Crippen LogP contribution in [0.3, 0.4) is 0 Å². The second kappa shape index (κ2) is 12.6. The van der Waals surface area contributed by atoms with Crippen LogP contribution in [0.5, 0.6) is 0 Å². The van der Waals surface area contributed by atoms with Crippen LogP contribution in [0.15, 0.2) is 205 Å². The molecule has 0 spiro atoms. The van der Waals surface area contributed by atoms with E-state index in [-0.39, 0.29) is 0 Å². The van der Waals surface area contributed by atoms with Crippen molar-refractivity contribution in [3.05, 3.63) is 200 Å². The highest BCUT2D eigenvalue weighted by Gasteiger charge is 2.24. The van der Waals surface area contributed by atoms with E-state index in [9.17, 15) is 0 Å². The molecule has 0 aliphatic rings. The molecule has 11 rings (SSSR count). The lowest BCUT2D eigenvalue weighted by Gasteiger charge is -2.26. The predicted molar refractivity (Wildman–Crippen MR) is 229 cm³/mol. The Morgan fingerprint density at radius 1 is 0.436 bits per heavy atom. The van der Waals surface area contributed by atoms with E-state index >= 15 is 0 Å². The minimum Gasteiger partial charge on any atom is -0.434 e. The molecule has 0 fully saturated rings. The van der Waals surface area contributed by atoms with Gasteiger partial charge in [-0.1, -0.05) is 140 Å². The van der Waals surface area contributed by atoms with Gasteiger partial charge in [-0.05, 0) is 87.9 Å². The van der Waals surface area contributed by atoms with Gasteiger partial charge in [-0.2, -0.15) is 0 Å². The maximum Gasteiger partial charge on any atom is 0.227 e. The lowest BCUT2D eigenvalue weighted by atomic mass is 9.98. The fourth-order valence-corrected chi connectivity index (χ4v) is 8.25. The molecule has 0 unspecified atom stereocenters. The summed E-state index contributed by atoms with van der Waals surface area (Å²) in [6.45, 7) is 0. The van der Waals surface area contributed by atoms with Gasteiger partial charge in [-0.3, -0.25) is 0 Å². The molecule has 258 valence electrons. The van der Waals surface area contributed by atoms with Crippen LogP contribution >= 0.6 is 0 Å². The summed E-state index contributed by atoms with van der Waals surface area (Å²) in [4.78, 5) is 7.49. The zero-order valence-electron chi connectivity index (χ0n) is 29.8. The van der Waals surface area contributed by atoms with Crippen molar-refractivity contribution in [2.24, 2.45) is 0 Å². The van der Waals surface area contributed by atoms with Gasteiger partial charge in [0, 0.05) is 38.8 Å². The molecule has 0 radical (unpaired) electrons. The van der Waals surface area contributed by atoms with Crippen molar-refractivity contribution in [1.29, 1.82) is 0 Å². The number of para-hydroxylation sites is 2. The van der Waals surface area contributed by atoms with Crippen LogP contribution in [0.4, 0.5) is 17.1 Å². The highest BCUT2D eigenvalue weighted by Crippen LogP contribution is 2.45. The Kier molecular flexibility index (Phi) is 7.14. The van der Waals surface area contributed by atoms with Gasteiger partial charge in [0.2, 0.25) is 5.89 Å². The first-order chi connectivity index (χ1) is 27.3. The lowest BCUT2D eigenvalue weighted by Crippen LogP contribution is -2.10. The summed E-state index contributed by atoms with van der Waals surface area (Å²) < 4.78 is 9.20.